The van der Waals surface area contributed by atoms with Gasteiger partial charge in [0.15, 0.2) is 12.3 Å². The maximum Gasteiger partial charge on any atom is 0.302 e. The van der Waals surface area contributed by atoms with Crippen molar-refractivity contribution >= 4 is 34.1 Å². The third kappa shape index (κ3) is 4.92. The van der Waals surface area contributed by atoms with E-state index in [-0.39, 0.29) is 18.2 Å². The molecule has 7 heteroatoms. The molecule has 1 aromatic heterocycles. The van der Waals surface area contributed by atoms with Crippen LogP contribution in [-0.2, 0) is 17.8 Å². The van der Waals surface area contributed by atoms with E-state index in [1.807, 2.05) is 54.6 Å². The van der Waals surface area contributed by atoms with Gasteiger partial charge in [0.25, 0.3) is 0 Å². The number of carbonyl (C=O) groups is 1. The molecule has 4 aromatic rings. The second-order valence-corrected chi connectivity index (χ2v) is 7.35. The monoisotopic (exact) mass is 433 g/mol. The molecule has 0 bridgehead atoms. The lowest BCUT2D eigenvalue weighted by molar-refractivity contribution is -0.120. The first-order valence-corrected chi connectivity index (χ1v) is 10.2. The molecule has 3 aromatic carbocycles. The fourth-order valence-corrected chi connectivity index (χ4v) is 3.50. The SMILES string of the molecule is O=C(COc1cccc(Cl)c1)N=Nc1c(O)n(CCc2ccccc2)c2ccccc12. The second-order valence-electron chi connectivity index (χ2n) is 6.92. The molecule has 31 heavy (non-hydrogen) atoms. The van der Waals surface area contributed by atoms with Crippen molar-refractivity contribution < 1.29 is 14.6 Å². The van der Waals surface area contributed by atoms with E-state index in [0.29, 0.717) is 17.3 Å². The minimum atomic E-state index is -0.569. The quantitative estimate of drug-likeness (QED) is 0.367. The number of hydrogen-bond acceptors (Lipinski definition) is 4. The minimum Gasteiger partial charge on any atom is -0.493 e. The number of para-hydroxylation sites is 1. The van der Waals surface area contributed by atoms with Crippen LogP contribution in [0.2, 0.25) is 5.02 Å². The number of amides is 1. The van der Waals surface area contributed by atoms with Crippen molar-refractivity contribution in [1.29, 1.82) is 0 Å². The number of aryl methyl sites for hydroxylation is 2. The van der Waals surface area contributed by atoms with Crippen LogP contribution in [0.15, 0.2) is 89.1 Å². The summed E-state index contributed by atoms with van der Waals surface area (Å²) < 4.78 is 7.17. The molecule has 0 unspecified atom stereocenters. The van der Waals surface area contributed by atoms with Crippen LogP contribution in [0.25, 0.3) is 10.9 Å². The average Bonchev–Trinajstić information content (AvgIpc) is 3.06. The largest absolute Gasteiger partial charge is 0.493 e. The predicted molar refractivity (Wildman–Crippen MR) is 120 cm³/mol. The van der Waals surface area contributed by atoms with Crippen LogP contribution in [0.1, 0.15) is 5.56 Å². The maximum atomic E-state index is 12.1. The maximum absolute atomic E-state index is 12.1. The number of carbonyl (C=O) groups excluding carboxylic acids is 1. The van der Waals surface area contributed by atoms with Crippen molar-refractivity contribution in [3.05, 3.63) is 89.4 Å². The summed E-state index contributed by atoms with van der Waals surface area (Å²) in [5, 5.41) is 19.8. The van der Waals surface area contributed by atoms with Gasteiger partial charge in [0.05, 0.1) is 5.52 Å². The van der Waals surface area contributed by atoms with Gasteiger partial charge in [0.1, 0.15) is 5.75 Å². The van der Waals surface area contributed by atoms with E-state index in [0.717, 1.165) is 22.9 Å². The first kappa shape index (κ1) is 20.6. The van der Waals surface area contributed by atoms with Gasteiger partial charge in [-0.1, -0.05) is 66.2 Å². The molecule has 1 N–H and O–H groups in total. The molecule has 0 aliphatic carbocycles. The Labute approximate surface area is 184 Å². The highest BCUT2D eigenvalue weighted by molar-refractivity contribution is 6.30. The van der Waals surface area contributed by atoms with Crippen LogP contribution in [0.3, 0.4) is 0 Å². The van der Waals surface area contributed by atoms with Gasteiger partial charge in [-0.25, -0.2) is 0 Å². The van der Waals surface area contributed by atoms with E-state index < -0.39 is 5.91 Å². The van der Waals surface area contributed by atoms with Gasteiger partial charge in [-0.15, -0.1) is 10.2 Å². The fourth-order valence-electron chi connectivity index (χ4n) is 3.32. The number of nitrogens with zero attached hydrogens (tertiary/aromatic N) is 3. The molecule has 0 fully saturated rings. The summed E-state index contributed by atoms with van der Waals surface area (Å²) >= 11 is 5.90. The van der Waals surface area contributed by atoms with E-state index in [1.165, 1.54) is 0 Å². The number of aromatic hydroxyl groups is 1. The average molecular weight is 434 g/mol. The zero-order valence-electron chi connectivity index (χ0n) is 16.6. The smallest absolute Gasteiger partial charge is 0.302 e. The van der Waals surface area contributed by atoms with Crippen LogP contribution in [0.4, 0.5) is 5.69 Å². The Hall–Kier alpha value is -3.64. The van der Waals surface area contributed by atoms with Crippen LogP contribution in [0, 0.1) is 0 Å². The van der Waals surface area contributed by atoms with E-state index in [1.54, 1.807) is 28.8 Å². The number of rotatable bonds is 7. The van der Waals surface area contributed by atoms with Crippen molar-refractivity contribution in [2.45, 2.75) is 13.0 Å². The molecule has 0 saturated carbocycles. The van der Waals surface area contributed by atoms with E-state index in [2.05, 4.69) is 10.2 Å². The van der Waals surface area contributed by atoms with Crippen molar-refractivity contribution in [2.24, 2.45) is 10.2 Å². The van der Waals surface area contributed by atoms with Crippen molar-refractivity contribution in [3.63, 3.8) is 0 Å². The van der Waals surface area contributed by atoms with Gasteiger partial charge in [-0.2, -0.15) is 0 Å². The third-order valence-electron chi connectivity index (χ3n) is 4.80. The number of ether oxygens (including phenoxy) is 1. The molecule has 1 amide bonds. The number of benzene rings is 3. The Morgan fingerprint density at radius 2 is 1.77 bits per heavy atom. The molecule has 0 radical (unpaired) electrons. The zero-order valence-corrected chi connectivity index (χ0v) is 17.4. The zero-order chi connectivity index (χ0) is 21.6. The highest BCUT2D eigenvalue weighted by atomic mass is 35.5. The molecule has 156 valence electrons. The summed E-state index contributed by atoms with van der Waals surface area (Å²) in [6.45, 7) is 0.287. The molecule has 0 saturated heterocycles. The number of halogens is 1. The van der Waals surface area contributed by atoms with Gasteiger partial charge >= 0.3 is 5.91 Å². The lowest BCUT2D eigenvalue weighted by atomic mass is 10.1. The van der Waals surface area contributed by atoms with Gasteiger partial charge in [-0.05, 0) is 36.2 Å². The summed E-state index contributed by atoms with van der Waals surface area (Å²) in [5.41, 5.74) is 2.25. The molecule has 0 aliphatic rings. The summed E-state index contributed by atoms with van der Waals surface area (Å²) in [6, 6.07) is 24.3. The van der Waals surface area contributed by atoms with Gasteiger partial charge in [0.2, 0.25) is 5.88 Å². The highest BCUT2D eigenvalue weighted by Gasteiger charge is 2.16. The molecule has 0 aliphatic heterocycles. The predicted octanol–water partition coefficient (Wildman–Crippen LogP) is 5.93. The highest BCUT2D eigenvalue weighted by Crippen LogP contribution is 2.38. The fraction of sp³-hybridized carbons (Fsp3) is 0.125. The Morgan fingerprint density at radius 3 is 2.58 bits per heavy atom. The van der Waals surface area contributed by atoms with E-state index >= 15 is 0 Å². The summed E-state index contributed by atoms with van der Waals surface area (Å²) in [4.78, 5) is 12.1. The third-order valence-corrected chi connectivity index (χ3v) is 5.04. The molecular formula is C24H20ClN3O3. The van der Waals surface area contributed by atoms with Gasteiger partial charge in [-0.3, -0.25) is 4.79 Å². The molecular weight excluding hydrogens is 414 g/mol. The first-order valence-electron chi connectivity index (χ1n) is 9.79. The van der Waals surface area contributed by atoms with Crippen LogP contribution in [-0.4, -0.2) is 22.2 Å². The molecule has 6 nitrogen and oxygen atoms in total. The second kappa shape index (κ2) is 9.45. The molecule has 4 rings (SSSR count). The number of aromatic nitrogens is 1. The minimum absolute atomic E-state index is 0.0237. The summed E-state index contributed by atoms with van der Waals surface area (Å²) in [5.74, 6) is -0.124. The molecule has 0 atom stereocenters. The van der Waals surface area contributed by atoms with Crippen LogP contribution < -0.4 is 4.74 Å². The van der Waals surface area contributed by atoms with Crippen LogP contribution in [0.5, 0.6) is 11.6 Å². The Balaban J connectivity index is 1.51. The van der Waals surface area contributed by atoms with Gasteiger partial charge in [0, 0.05) is 17.0 Å². The van der Waals surface area contributed by atoms with Gasteiger partial charge < -0.3 is 14.4 Å². The Morgan fingerprint density at radius 1 is 1.00 bits per heavy atom. The topological polar surface area (TPSA) is 76.2 Å². The lowest BCUT2D eigenvalue weighted by Gasteiger charge is -2.07. The first-order chi connectivity index (χ1) is 15.1. The summed E-state index contributed by atoms with van der Waals surface area (Å²) in [7, 11) is 0. The van der Waals surface area contributed by atoms with Crippen molar-refractivity contribution in [2.75, 3.05) is 6.61 Å². The Kier molecular flexibility index (Phi) is 6.29. The van der Waals surface area contributed by atoms with Crippen LogP contribution >= 0.6 is 11.6 Å². The van der Waals surface area contributed by atoms with E-state index in [4.69, 9.17) is 16.3 Å². The number of azo groups is 1. The molecule has 1 heterocycles. The number of hydrogen-bond donors (Lipinski definition) is 1. The lowest BCUT2D eigenvalue weighted by Crippen LogP contribution is -2.07. The van der Waals surface area contributed by atoms with Crippen molar-refractivity contribution in [3.8, 4) is 11.6 Å². The standard InChI is InChI=1S/C24H20ClN3O3/c25-18-9-6-10-19(15-18)31-16-22(29)26-27-23-20-11-4-5-12-21(20)28(24(23)30)14-13-17-7-2-1-3-8-17/h1-12,15,30H,13-14,16H2. The summed E-state index contributed by atoms with van der Waals surface area (Å²) in [6.07, 6.45) is 0.746. The number of fused-ring (bicyclic) bond motifs is 1. The Bertz CT molecular complexity index is 1240. The normalized spacial score (nSPS) is 11.3. The van der Waals surface area contributed by atoms with E-state index in [9.17, 15) is 9.90 Å². The van der Waals surface area contributed by atoms with Crippen molar-refractivity contribution in [1.82, 2.24) is 4.57 Å². The molecule has 0 spiro atoms.